The van der Waals surface area contributed by atoms with Gasteiger partial charge in [0, 0.05) is 39.3 Å². The van der Waals surface area contributed by atoms with E-state index in [2.05, 4.69) is 4.57 Å². The third kappa shape index (κ3) is 3.95. The van der Waals surface area contributed by atoms with Gasteiger partial charge in [-0.15, -0.1) is 0 Å². The van der Waals surface area contributed by atoms with Crippen molar-refractivity contribution in [1.82, 2.24) is 4.57 Å². The Morgan fingerprint density at radius 1 is 0.875 bits per heavy atom. The summed E-state index contributed by atoms with van der Waals surface area (Å²) in [6.07, 6.45) is 3.79. The number of hydrogen-bond acceptors (Lipinski definition) is 3. The van der Waals surface area contributed by atoms with Crippen LogP contribution in [-0.4, -0.2) is 15.7 Å². The molecule has 0 saturated carbocycles. The minimum atomic E-state index is -0.350. The number of rotatable bonds is 4. The van der Waals surface area contributed by atoms with Gasteiger partial charge in [-0.25, -0.2) is 4.90 Å². The molecule has 2 amide bonds. The van der Waals surface area contributed by atoms with Crippen molar-refractivity contribution in [2.24, 2.45) is 0 Å². The summed E-state index contributed by atoms with van der Waals surface area (Å²) in [5.74, 6) is -0.350. The zero-order valence-corrected chi connectivity index (χ0v) is 19.0. The fourth-order valence-corrected chi connectivity index (χ4v) is 4.90. The average molecular weight is 479 g/mol. The number of thioether (sulfide) groups is 1. The van der Waals surface area contributed by atoms with E-state index in [1.165, 1.54) is 0 Å². The number of carbonyl (C=O) groups excluding carboxylic acids is 2. The molecule has 0 bridgehead atoms. The zero-order chi connectivity index (χ0) is 22.2. The van der Waals surface area contributed by atoms with E-state index in [1.54, 1.807) is 30.3 Å². The number of hydrogen-bond donors (Lipinski definition) is 0. The first kappa shape index (κ1) is 20.9. The van der Waals surface area contributed by atoms with Crippen LogP contribution in [0.2, 0.25) is 10.0 Å². The number of aromatic nitrogens is 1. The summed E-state index contributed by atoms with van der Waals surface area (Å²) in [7, 11) is 0. The third-order valence-corrected chi connectivity index (χ3v) is 6.59. The molecule has 2 heterocycles. The lowest BCUT2D eigenvalue weighted by atomic mass is 10.1. The second kappa shape index (κ2) is 8.51. The largest absolute Gasteiger partial charge is 0.342 e. The van der Waals surface area contributed by atoms with Gasteiger partial charge in [-0.3, -0.25) is 9.59 Å². The Kier molecular flexibility index (Phi) is 5.55. The van der Waals surface area contributed by atoms with Gasteiger partial charge in [0.25, 0.3) is 11.1 Å². The molecule has 0 atom stereocenters. The van der Waals surface area contributed by atoms with E-state index in [1.807, 2.05) is 54.7 Å². The van der Waals surface area contributed by atoms with Gasteiger partial charge in [0.05, 0.1) is 10.6 Å². The van der Waals surface area contributed by atoms with Gasteiger partial charge in [0.1, 0.15) is 0 Å². The molecule has 4 nitrogen and oxygen atoms in total. The van der Waals surface area contributed by atoms with E-state index in [0.29, 0.717) is 27.2 Å². The lowest BCUT2D eigenvalue weighted by Gasteiger charge is -2.12. The lowest BCUT2D eigenvalue weighted by Crippen LogP contribution is -2.27. The quantitative estimate of drug-likeness (QED) is 0.290. The molecule has 1 aliphatic rings. The predicted molar refractivity (Wildman–Crippen MR) is 132 cm³/mol. The minimum absolute atomic E-state index is 0.339. The van der Waals surface area contributed by atoms with Crippen LogP contribution >= 0.6 is 35.0 Å². The van der Waals surface area contributed by atoms with Crippen LogP contribution in [0.3, 0.4) is 0 Å². The molecule has 1 aromatic heterocycles. The number of fused-ring (bicyclic) bond motifs is 1. The van der Waals surface area contributed by atoms with Crippen LogP contribution in [0.5, 0.6) is 0 Å². The van der Waals surface area contributed by atoms with E-state index < -0.39 is 0 Å². The molecular formula is C25H16Cl2N2O2S. The van der Waals surface area contributed by atoms with E-state index in [4.69, 9.17) is 23.2 Å². The van der Waals surface area contributed by atoms with Crippen LogP contribution in [0.1, 0.15) is 11.1 Å². The number of carbonyl (C=O) groups is 2. The van der Waals surface area contributed by atoms with Gasteiger partial charge in [-0.05, 0) is 59.8 Å². The standard InChI is InChI=1S/C25H16Cl2N2O2S/c26-18-10-8-16(9-11-18)14-28-15-17(21-6-1-2-7-22(21)28)12-23-24(30)29(25(31)32-23)20-5-3-4-19(27)13-20/h1-13,15H,14H2/b23-12+. The van der Waals surface area contributed by atoms with Crippen molar-refractivity contribution in [3.8, 4) is 0 Å². The summed E-state index contributed by atoms with van der Waals surface area (Å²) in [5, 5.41) is 1.84. The Balaban J connectivity index is 1.52. The van der Waals surface area contributed by atoms with Crippen molar-refractivity contribution in [2.75, 3.05) is 4.90 Å². The SMILES string of the molecule is O=C1S/C(=C/c2cn(Cc3ccc(Cl)cc3)c3ccccc23)C(=O)N1c1cccc(Cl)c1. The van der Waals surface area contributed by atoms with Crippen molar-refractivity contribution < 1.29 is 9.59 Å². The molecule has 5 rings (SSSR count). The average Bonchev–Trinajstić information content (AvgIpc) is 3.26. The highest BCUT2D eigenvalue weighted by Gasteiger charge is 2.36. The van der Waals surface area contributed by atoms with Crippen molar-refractivity contribution in [3.05, 3.63) is 105 Å². The first-order chi connectivity index (χ1) is 15.5. The molecule has 1 fully saturated rings. The fraction of sp³-hybridized carbons (Fsp3) is 0.0400. The van der Waals surface area contributed by atoms with Crippen molar-refractivity contribution in [3.63, 3.8) is 0 Å². The van der Waals surface area contributed by atoms with Gasteiger partial charge in [0.2, 0.25) is 0 Å². The molecule has 0 spiro atoms. The zero-order valence-electron chi connectivity index (χ0n) is 16.7. The van der Waals surface area contributed by atoms with E-state index in [0.717, 1.165) is 38.7 Å². The summed E-state index contributed by atoms with van der Waals surface area (Å²) in [4.78, 5) is 27.2. The van der Waals surface area contributed by atoms with E-state index in [-0.39, 0.29) is 11.1 Å². The molecular weight excluding hydrogens is 463 g/mol. The summed E-state index contributed by atoms with van der Waals surface area (Å²) in [5.41, 5.74) is 3.51. The number of para-hydroxylation sites is 1. The maximum absolute atomic E-state index is 13.1. The molecule has 0 unspecified atom stereocenters. The number of anilines is 1. The van der Waals surface area contributed by atoms with Gasteiger partial charge in [-0.2, -0.15) is 0 Å². The Bertz CT molecular complexity index is 1390. The number of amides is 2. The maximum Gasteiger partial charge on any atom is 0.298 e. The van der Waals surface area contributed by atoms with Gasteiger partial charge in [0.15, 0.2) is 0 Å². The van der Waals surface area contributed by atoms with Crippen molar-refractivity contribution >= 4 is 68.8 Å². The number of halogens is 2. The molecule has 158 valence electrons. The highest BCUT2D eigenvalue weighted by Crippen LogP contribution is 2.37. The van der Waals surface area contributed by atoms with E-state index in [9.17, 15) is 9.59 Å². The summed E-state index contributed by atoms with van der Waals surface area (Å²) < 4.78 is 2.13. The molecule has 4 aromatic rings. The number of imide groups is 1. The topological polar surface area (TPSA) is 42.3 Å². The monoisotopic (exact) mass is 478 g/mol. The maximum atomic E-state index is 13.1. The van der Waals surface area contributed by atoms with Crippen molar-refractivity contribution in [2.45, 2.75) is 6.54 Å². The first-order valence-electron chi connectivity index (χ1n) is 9.85. The summed E-state index contributed by atoms with van der Waals surface area (Å²) >= 11 is 13.0. The fourth-order valence-electron chi connectivity index (χ4n) is 3.75. The predicted octanol–water partition coefficient (Wildman–Crippen LogP) is 7.24. The van der Waals surface area contributed by atoms with Crippen LogP contribution in [-0.2, 0) is 11.3 Å². The van der Waals surface area contributed by atoms with Gasteiger partial charge >= 0.3 is 0 Å². The Morgan fingerprint density at radius 3 is 2.44 bits per heavy atom. The molecule has 7 heteroatoms. The molecule has 1 saturated heterocycles. The second-order valence-corrected chi connectivity index (χ2v) is 9.22. The normalized spacial score (nSPS) is 15.3. The molecule has 0 N–H and O–H groups in total. The van der Waals surface area contributed by atoms with Crippen LogP contribution < -0.4 is 4.90 Å². The van der Waals surface area contributed by atoms with Crippen LogP contribution in [0, 0.1) is 0 Å². The number of nitrogens with zero attached hydrogens (tertiary/aromatic N) is 2. The second-order valence-electron chi connectivity index (χ2n) is 7.35. The Labute approximate surface area is 199 Å². The highest BCUT2D eigenvalue weighted by molar-refractivity contribution is 8.19. The minimum Gasteiger partial charge on any atom is -0.342 e. The highest BCUT2D eigenvalue weighted by atomic mass is 35.5. The van der Waals surface area contributed by atoms with Crippen LogP contribution in [0.4, 0.5) is 10.5 Å². The molecule has 32 heavy (non-hydrogen) atoms. The van der Waals surface area contributed by atoms with Crippen molar-refractivity contribution in [1.29, 1.82) is 0 Å². The van der Waals surface area contributed by atoms with Gasteiger partial charge < -0.3 is 4.57 Å². The molecule has 0 radical (unpaired) electrons. The lowest BCUT2D eigenvalue weighted by molar-refractivity contribution is -0.113. The molecule has 3 aromatic carbocycles. The molecule has 1 aliphatic heterocycles. The first-order valence-corrected chi connectivity index (χ1v) is 11.4. The van der Waals surface area contributed by atoms with Crippen LogP contribution in [0.15, 0.2) is 83.9 Å². The Hall–Kier alpha value is -2.99. The number of benzene rings is 3. The van der Waals surface area contributed by atoms with Crippen LogP contribution in [0.25, 0.3) is 17.0 Å². The van der Waals surface area contributed by atoms with E-state index >= 15 is 0 Å². The smallest absolute Gasteiger partial charge is 0.298 e. The molecule has 0 aliphatic carbocycles. The Morgan fingerprint density at radius 2 is 1.66 bits per heavy atom. The third-order valence-electron chi connectivity index (χ3n) is 5.23. The summed E-state index contributed by atoms with van der Waals surface area (Å²) in [6.45, 7) is 0.662. The van der Waals surface area contributed by atoms with Gasteiger partial charge in [-0.1, -0.05) is 59.6 Å². The summed E-state index contributed by atoms with van der Waals surface area (Å²) in [6, 6.07) is 22.5.